The van der Waals surface area contributed by atoms with Gasteiger partial charge < -0.3 is 9.52 Å². The molecule has 0 saturated heterocycles. The molecule has 32 heavy (non-hydrogen) atoms. The lowest BCUT2D eigenvalue weighted by Crippen LogP contribution is -2.12. The van der Waals surface area contributed by atoms with E-state index in [-0.39, 0.29) is 11.3 Å². The number of carbonyl (C=O) groups excluding carboxylic acids is 1. The van der Waals surface area contributed by atoms with Crippen LogP contribution in [-0.4, -0.2) is 25.9 Å². The number of aromatic nitrogens is 3. The Morgan fingerprint density at radius 2 is 1.75 bits per heavy atom. The van der Waals surface area contributed by atoms with E-state index in [0.717, 1.165) is 5.56 Å². The SMILES string of the molecule is Cc1ccc2oc(=O)c(C(=O)/C=C/c3ccc(O)c(-n4nc5ccccc5n4)c3)cc2c1. The highest BCUT2D eigenvalue weighted by Gasteiger charge is 2.12. The molecule has 5 rings (SSSR count). The molecule has 0 aliphatic heterocycles. The lowest BCUT2D eigenvalue weighted by Gasteiger charge is -2.04. The molecule has 0 unspecified atom stereocenters. The van der Waals surface area contributed by atoms with Gasteiger partial charge in [-0.1, -0.05) is 35.9 Å². The van der Waals surface area contributed by atoms with Crippen LogP contribution in [-0.2, 0) is 0 Å². The molecule has 2 heterocycles. The Morgan fingerprint density at radius 1 is 1.00 bits per heavy atom. The summed E-state index contributed by atoms with van der Waals surface area (Å²) in [6, 6.07) is 19.1. The fraction of sp³-hybridized carbons (Fsp3) is 0.0400. The van der Waals surface area contributed by atoms with Gasteiger partial charge in [0, 0.05) is 5.39 Å². The van der Waals surface area contributed by atoms with Crippen molar-refractivity contribution in [2.45, 2.75) is 6.92 Å². The fourth-order valence-electron chi connectivity index (χ4n) is 3.45. The predicted molar refractivity (Wildman–Crippen MR) is 121 cm³/mol. The molecule has 0 atom stereocenters. The lowest BCUT2D eigenvalue weighted by molar-refractivity contribution is 0.104. The molecular weight excluding hydrogens is 406 g/mol. The molecule has 0 fully saturated rings. The van der Waals surface area contributed by atoms with Gasteiger partial charge in [0.1, 0.15) is 33.6 Å². The lowest BCUT2D eigenvalue weighted by atomic mass is 10.1. The summed E-state index contributed by atoms with van der Waals surface area (Å²) in [6.45, 7) is 1.92. The third kappa shape index (κ3) is 3.56. The number of hydrogen-bond acceptors (Lipinski definition) is 6. The summed E-state index contributed by atoms with van der Waals surface area (Å²) in [6.07, 6.45) is 2.87. The van der Waals surface area contributed by atoms with Gasteiger partial charge in [-0.3, -0.25) is 4.79 Å². The van der Waals surface area contributed by atoms with Gasteiger partial charge in [-0.25, -0.2) is 4.79 Å². The van der Waals surface area contributed by atoms with Crippen molar-refractivity contribution in [3.8, 4) is 11.4 Å². The third-order valence-corrected chi connectivity index (χ3v) is 5.08. The average Bonchev–Trinajstić information content (AvgIpc) is 3.22. The minimum atomic E-state index is -0.685. The second-order valence-electron chi connectivity index (χ2n) is 7.41. The summed E-state index contributed by atoms with van der Waals surface area (Å²) in [5, 5.41) is 19.7. The normalized spacial score (nSPS) is 11.5. The highest BCUT2D eigenvalue weighted by Crippen LogP contribution is 2.24. The number of aromatic hydroxyl groups is 1. The largest absolute Gasteiger partial charge is 0.506 e. The van der Waals surface area contributed by atoms with Gasteiger partial charge >= 0.3 is 5.63 Å². The summed E-state index contributed by atoms with van der Waals surface area (Å²) in [4.78, 5) is 26.3. The standard InChI is InChI=1S/C25H17N3O4/c1-15-6-11-24-17(12-15)14-18(25(31)32-24)22(29)9-7-16-8-10-23(30)21(13-16)28-26-19-4-2-3-5-20(19)27-28/h2-14,30H,1H3/b9-7+. The van der Waals surface area contributed by atoms with Crippen molar-refractivity contribution in [2.75, 3.05) is 0 Å². The summed E-state index contributed by atoms with van der Waals surface area (Å²) >= 11 is 0. The number of benzene rings is 3. The van der Waals surface area contributed by atoms with Crippen LogP contribution in [0.4, 0.5) is 0 Å². The van der Waals surface area contributed by atoms with Crippen LogP contribution in [0, 0.1) is 6.92 Å². The topological polar surface area (TPSA) is 98.2 Å². The summed E-state index contributed by atoms with van der Waals surface area (Å²) in [7, 11) is 0. The molecule has 1 N–H and O–H groups in total. The molecule has 0 aliphatic carbocycles. The van der Waals surface area contributed by atoms with Gasteiger partial charge in [0.15, 0.2) is 5.78 Å². The van der Waals surface area contributed by atoms with E-state index in [1.165, 1.54) is 16.9 Å². The van der Waals surface area contributed by atoms with Gasteiger partial charge in [0.25, 0.3) is 0 Å². The smallest absolute Gasteiger partial charge is 0.347 e. The second-order valence-corrected chi connectivity index (χ2v) is 7.41. The Balaban J connectivity index is 1.47. The van der Waals surface area contributed by atoms with Crippen LogP contribution >= 0.6 is 0 Å². The molecular formula is C25H17N3O4. The number of rotatable bonds is 4. The molecule has 5 aromatic rings. The molecule has 2 aromatic heterocycles. The van der Waals surface area contributed by atoms with E-state index in [0.29, 0.717) is 33.3 Å². The minimum Gasteiger partial charge on any atom is -0.506 e. The summed E-state index contributed by atoms with van der Waals surface area (Å²) in [5.41, 5.74) is 3.10. The zero-order valence-corrected chi connectivity index (χ0v) is 17.0. The Kier molecular flexibility index (Phi) is 4.63. The zero-order chi connectivity index (χ0) is 22.2. The number of aryl methyl sites for hydroxylation is 1. The molecule has 3 aromatic carbocycles. The fourth-order valence-corrected chi connectivity index (χ4v) is 3.45. The molecule has 0 radical (unpaired) electrons. The molecule has 156 valence electrons. The molecule has 0 aliphatic rings. The quantitative estimate of drug-likeness (QED) is 0.261. The Bertz CT molecular complexity index is 1560. The number of phenols is 1. The van der Waals surface area contributed by atoms with E-state index < -0.39 is 11.4 Å². The molecule has 7 heteroatoms. The molecule has 0 amide bonds. The van der Waals surface area contributed by atoms with Crippen molar-refractivity contribution in [3.63, 3.8) is 0 Å². The first kappa shape index (κ1) is 19.4. The van der Waals surface area contributed by atoms with Crippen LogP contribution in [0.3, 0.4) is 0 Å². The van der Waals surface area contributed by atoms with E-state index in [1.807, 2.05) is 43.3 Å². The Hall–Kier alpha value is -4.52. The van der Waals surface area contributed by atoms with E-state index in [2.05, 4.69) is 10.2 Å². The van der Waals surface area contributed by atoms with Crippen LogP contribution in [0.15, 0.2) is 82.0 Å². The Labute approximate surface area is 181 Å². The number of fused-ring (bicyclic) bond motifs is 2. The van der Waals surface area contributed by atoms with Crippen LogP contribution in [0.5, 0.6) is 5.75 Å². The van der Waals surface area contributed by atoms with Gasteiger partial charge in [-0.15, -0.1) is 15.0 Å². The molecule has 0 saturated carbocycles. The maximum Gasteiger partial charge on any atom is 0.347 e. The molecule has 0 spiro atoms. The van der Waals surface area contributed by atoms with Crippen LogP contribution < -0.4 is 5.63 Å². The first-order chi connectivity index (χ1) is 15.5. The monoisotopic (exact) mass is 423 g/mol. The molecule has 7 nitrogen and oxygen atoms in total. The number of allylic oxidation sites excluding steroid dienone is 1. The Morgan fingerprint density at radius 3 is 2.50 bits per heavy atom. The second kappa shape index (κ2) is 7.63. The number of nitrogens with zero attached hydrogens (tertiary/aromatic N) is 3. The first-order valence-corrected chi connectivity index (χ1v) is 9.90. The van der Waals surface area contributed by atoms with Crippen molar-refractivity contribution in [3.05, 3.63) is 99.9 Å². The van der Waals surface area contributed by atoms with Crippen LogP contribution in [0.25, 0.3) is 33.8 Å². The van der Waals surface area contributed by atoms with E-state index in [4.69, 9.17) is 4.42 Å². The predicted octanol–water partition coefficient (Wildman–Crippen LogP) is 4.44. The van der Waals surface area contributed by atoms with Crippen LogP contribution in [0.2, 0.25) is 0 Å². The number of ketones is 1. The van der Waals surface area contributed by atoms with Gasteiger partial charge in [-0.2, -0.15) is 0 Å². The van der Waals surface area contributed by atoms with Crippen molar-refractivity contribution in [1.29, 1.82) is 0 Å². The third-order valence-electron chi connectivity index (χ3n) is 5.08. The van der Waals surface area contributed by atoms with Crippen molar-refractivity contribution < 1.29 is 14.3 Å². The van der Waals surface area contributed by atoms with E-state index in [9.17, 15) is 14.7 Å². The zero-order valence-electron chi connectivity index (χ0n) is 17.0. The average molecular weight is 423 g/mol. The maximum absolute atomic E-state index is 12.7. The highest BCUT2D eigenvalue weighted by molar-refractivity contribution is 6.07. The van der Waals surface area contributed by atoms with Gasteiger partial charge in [0.2, 0.25) is 0 Å². The minimum absolute atomic E-state index is 0.000624. The van der Waals surface area contributed by atoms with Crippen molar-refractivity contribution in [1.82, 2.24) is 15.0 Å². The first-order valence-electron chi connectivity index (χ1n) is 9.90. The van der Waals surface area contributed by atoms with Crippen LogP contribution in [0.1, 0.15) is 21.5 Å². The van der Waals surface area contributed by atoms with Gasteiger partial charge in [-0.05, 0) is 61.0 Å². The number of hydrogen-bond donors (Lipinski definition) is 1. The highest BCUT2D eigenvalue weighted by atomic mass is 16.4. The maximum atomic E-state index is 12.7. The summed E-state index contributed by atoms with van der Waals surface area (Å²) in [5.74, 6) is -0.473. The van der Waals surface area contributed by atoms with Crippen molar-refractivity contribution >= 4 is 33.9 Å². The van der Waals surface area contributed by atoms with Crippen molar-refractivity contribution in [2.24, 2.45) is 0 Å². The van der Waals surface area contributed by atoms with Gasteiger partial charge in [0.05, 0.1) is 0 Å². The molecule has 0 bridgehead atoms. The van der Waals surface area contributed by atoms with E-state index in [1.54, 1.807) is 30.3 Å². The van der Waals surface area contributed by atoms with E-state index >= 15 is 0 Å². The summed E-state index contributed by atoms with van der Waals surface area (Å²) < 4.78 is 5.28. The number of phenolic OH excluding ortho intramolecular Hbond substituents is 1. The number of carbonyl (C=O) groups is 1.